The average molecular weight is 679 g/mol. The smallest absolute Gasteiger partial charge is 0.258 e. The number of nitrogens with one attached hydrogen (secondary N) is 1. The van der Waals surface area contributed by atoms with Crippen LogP contribution in [-0.2, 0) is 19.6 Å². The Morgan fingerprint density at radius 3 is 2.49 bits per heavy atom. The van der Waals surface area contributed by atoms with Crippen LogP contribution in [0.25, 0.3) is 0 Å². The minimum atomic E-state index is -3.94. The number of anilines is 1. The number of aliphatic hydroxyl groups is 1. The molecule has 2 aromatic carbocycles. The first-order chi connectivity index (χ1) is 22.2. The first-order valence-electron chi connectivity index (χ1n) is 16.2. The summed E-state index contributed by atoms with van der Waals surface area (Å²) in [5.74, 6) is -1.07. The van der Waals surface area contributed by atoms with Gasteiger partial charge >= 0.3 is 0 Å². The van der Waals surface area contributed by atoms with Gasteiger partial charge in [-0.2, -0.15) is 4.31 Å². The van der Waals surface area contributed by atoms with E-state index in [4.69, 9.17) is 9.47 Å². The Bertz CT molecular complexity index is 1420. The molecule has 47 heavy (non-hydrogen) atoms. The van der Waals surface area contributed by atoms with Crippen LogP contribution in [0.5, 0.6) is 5.75 Å². The van der Waals surface area contributed by atoms with E-state index < -0.39 is 33.9 Å². The summed E-state index contributed by atoms with van der Waals surface area (Å²) < 4.78 is 53.9. The van der Waals surface area contributed by atoms with Crippen molar-refractivity contribution < 1.29 is 37.0 Å². The summed E-state index contributed by atoms with van der Waals surface area (Å²) in [6.07, 6.45) is 2.39. The third-order valence-electron chi connectivity index (χ3n) is 8.30. The first-order valence-corrected chi connectivity index (χ1v) is 17.7. The summed E-state index contributed by atoms with van der Waals surface area (Å²) in [6, 6.07) is 9.09. The Kier molecular flexibility index (Phi) is 14.6. The van der Waals surface area contributed by atoms with Gasteiger partial charge in [0.05, 0.1) is 35.3 Å². The number of fused-ring (bicyclic) bond motifs is 1. The van der Waals surface area contributed by atoms with Crippen LogP contribution in [0, 0.1) is 11.7 Å². The van der Waals surface area contributed by atoms with E-state index >= 15 is 0 Å². The summed E-state index contributed by atoms with van der Waals surface area (Å²) >= 11 is 0. The molecule has 13 heteroatoms. The molecular formula is C34H51FN4O7S. The monoisotopic (exact) mass is 678 g/mol. The van der Waals surface area contributed by atoms with Gasteiger partial charge in [-0.3, -0.25) is 9.59 Å². The fraction of sp³-hybridized carbons (Fsp3) is 0.588. The number of hydrogen-bond donors (Lipinski definition) is 2. The van der Waals surface area contributed by atoms with E-state index in [2.05, 4.69) is 5.32 Å². The maximum atomic E-state index is 14.3. The lowest BCUT2D eigenvalue weighted by Gasteiger charge is -2.35. The zero-order valence-corrected chi connectivity index (χ0v) is 29.3. The van der Waals surface area contributed by atoms with E-state index in [0.717, 1.165) is 25.1 Å². The number of amides is 2. The molecule has 2 aromatic rings. The summed E-state index contributed by atoms with van der Waals surface area (Å²) in [4.78, 5) is 30.5. The van der Waals surface area contributed by atoms with Gasteiger partial charge in [-0.05, 0) is 103 Å². The maximum absolute atomic E-state index is 14.3. The number of carbonyl (C=O) groups is 2. The predicted octanol–water partition coefficient (Wildman–Crippen LogP) is 4.22. The standard InChI is InChI=1S/C34H51FN4O7S/c1-24-21-39(25(2)23-40)34(42)30-20-28(36-33(41)11-9-18-37(4)5)14-17-31(30)46-26(3)10-7-8-19-45-32(24)22-38(6)47(43,44)29-15-12-27(35)13-16-29/h12-17,20,24-26,32,40H,7-11,18-19,21-23H2,1-6H3,(H,36,41)/t24-,25+,26-,32-/m1/s1. The van der Waals surface area contributed by atoms with Crippen LogP contribution in [0.15, 0.2) is 47.4 Å². The molecule has 0 unspecified atom stereocenters. The van der Waals surface area contributed by atoms with Crippen LogP contribution in [-0.4, -0.2) is 112 Å². The van der Waals surface area contributed by atoms with Crippen LogP contribution in [0.4, 0.5) is 10.1 Å². The van der Waals surface area contributed by atoms with Crippen molar-refractivity contribution in [1.29, 1.82) is 0 Å². The third kappa shape index (κ3) is 11.2. The van der Waals surface area contributed by atoms with Crippen LogP contribution < -0.4 is 10.1 Å². The van der Waals surface area contributed by atoms with Gasteiger partial charge in [0.15, 0.2) is 0 Å². The van der Waals surface area contributed by atoms with Crippen molar-refractivity contribution >= 4 is 27.5 Å². The second kappa shape index (κ2) is 17.9. The van der Waals surface area contributed by atoms with Crippen molar-refractivity contribution in [3.05, 3.63) is 53.8 Å². The number of rotatable bonds is 11. The van der Waals surface area contributed by atoms with E-state index in [-0.39, 0.29) is 48.1 Å². The van der Waals surface area contributed by atoms with Crippen molar-refractivity contribution in [2.75, 3.05) is 59.3 Å². The lowest BCUT2D eigenvalue weighted by atomic mass is 10.0. The van der Waals surface area contributed by atoms with E-state index in [9.17, 15) is 27.5 Å². The lowest BCUT2D eigenvalue weighted by molar-refractivity contribution is -0.116. The molecule has 0 radical (unpaired) electrons. The van der Waals surface area contributed by atoms with E-state index in [1.165, 1.54) is 28.4 Å². The van der Waals surface area contributed by atoms with Gasteiger partial charge in [0, 0.05) is 44.8 Å². The molecule has 0 aliphatic carbocycles. The largest absolute Gasteiger partial charge is 0.490 e. The minimum absolute atomic E-state index is 0.00346. The van der Waals surface area contributed by atoms with Crippen molar-refractivity contribution in [3.8, 4) is 5.75 Å². The number of likely N-dealkylation sites (N-methyl/N-ethyl adjacent to an activating group) is 1. The van der Waals surface area contributed by atoms with Gasteiger partial charge in [0.2, 0.25) is 15.9 Å². The van der Waals surface area contributed by atoms with Gasteiger partial charge in [0.25, 0.3) is 5.91 Å². The highest BCUT2D eigenvalue weighted by atomic mass is 32.2. The molecule has 3 rings (SSSR count). The predicted molar refractivity (Wildman–Crippen MR) is 180 cm³/mol. The SMILES string of the molecule is C[C@@H]1CCCCO[C@H](CN(C)S(=O)(=O)c2ccc(F)cc2)[C@H](C)CN([C@@H](C)CO)C(=O)c2cc(NC(=O)CCCN(C)C)ccc2O1. The Balaban J connectivity index is 1.92. The molecule has 11 nitrogen and oxygen atoms in total. The second-order valence-electron chi connectivity index (χ2n) is 12.7. The molecule has 0 aromatic heterocycles. The topological polar surface area (TPSA) is 129 Å². The molecule has 0 spiro atoms. The highest BCUT2D eigenvalue weighted by Gasteiger charge is 2.32. The number of sulfonamides is 1. The number of nitrogens with zero attached hydrogens (tertiary/aromatic N) is 3. The zero-order chi connectivity index (χ0) is 34.7. The zero-order valence-electron chi connectivity index (χ0n) is 28.4. The molecule has 262 valence electrons. The van der Waals surface area contributed by atoms with Crippen LogP contribution >= 0.6 is 0 Å². The highest BCUT2D eigenvalue weighted by Crippen LogP contribution is 2.29. The Morgan fingerprint density at radius 1 is 1.13 bits per heavy atom. The molecule has 1 aliphatic rings. The van der Waals surface area contributed by atoms with Gasteiger partial charge in [-0.25, -0.2) is 12.8 Å². The van der Waals surface area contributed by atoms with Crippen LogP contribution in [0.1, 0.15) is 63.2 Å². The number of carbonyl (C=O) groups excluding carboxylic acids is 2. The number of halogens is 1. The first kappa shape index (κ1) is 38.3. The fourth-order valence-electron chi connectivity index (χ4n) is 5.38. The quantitative estimate of drug-likeness (QED) is 0.362. The summed E-state index contributed by atoms with van der Waals surface area (Å²) in [5, 5.41) is 13.1. The van der Waals surface area contributed by atoms with Crippen LogP contribution in [0.3, 0.4) is 0 Å². The van der Waals surface area contributed by atoms with Gasteiger partial charge in [-0.15, -0.1) is 0 Å². The molecule has 2 amide bonds. The van der Waals surface area contributed by atoms with Crippen molar-refractivity contribution in [2.45, 2.75) is 76.0 Å². The number of aliphatic hydroxyl groups excluding tert-OH is 1. The van der Waals surface area contributed by atoms with Crippen LogP contribution in [0.2, 0.25) is 0 Å². The molecule has 0 fully saturated rings. The van der Waals surface area contributed by atoms with E-state index in [1.807, 2.05) is 32.8 Å². The summed E-state index contributed by atoms with van der Waals surface area (Å²) in [7, 11) is 1.40. The fourth-order valence-corrected chi connectivity index (χ4v) is 6.56. The minimum Gasteiger partial charge on any atom is -0.490 e. The van der Waals surface area contributed by atoms with Crippen molar-refractivity contribution in [3.63, 3.8) is 0 Å². The molecule has 1 heterocycles. The molecule has 4 atom stereocenters. The lowest BCUT2D eigenvalue weighted by Crippen LogP contribution is -2.48. The number of ether oxygens (including phenoxy) is 2. The van der Waals surface area contributed by atoms with Gasteiger partial charge < -0.3 is 29.7 Å². The average Bonchev–Trinajstić information content (AvgIpc) is 3.02. The van der Waals surface area contributed by atoms with Gasteiger partial charge in [-0.1, -0.05) is 6.92 Å². The third-order valence-corrected chi connectivity index (χ3v) is 10.1. The Labute approximate surface area is 279 Å². The van der Waals surface area contributed by atoms with Crippen molar-refractivity contribution in [1.82, 2.24) is 14.1 Å². The van der Waals surface area contributed by atoms with Gasteiger partial charge in [0.1, 0.15) is 11.6 Å². The molecule has 1 aliphatic heterocycles. The molecule has 0 bridgehead atoms. The summed E-state index contributed by atoms with van der Waals surface area (Å²) in [6.45, 7) is 6.52. The number of hydrogen-bond acceptors (Lipinski definition) is 8. The molecule has 2 N–H and O–H groups in total. The summed E-state index contributed by atoms with van der Waals surface area (Å²) in [5.41, 5.74) is 0.712. The molecule has 0 saturated carbocycles. The van der Waals surface area contributed by atoms with Crippen molar-refractivity contribution in [2.24, 2.45) is 5.92 Å². The Morgan fingerprint density at radius 2 is 1.83 bits per heavy atom. The normalized spacial score (nSPS) is 20.8. The highest BCUT2D eigenvalue weighted by molar-refractivity contribution is 7.89. The maximum Gasteiger partial charge on any atom is 0.258 e. The Hall–Kier alpha value is -3.10. The second-order valence-corrected chi connectivity index (χ2v) is 14.8. The molecule has 0 saturated heterocycles. The number of benzene rings is 2. The molecular weight excluding hydrogens is 627 g/mol. The van der Waals surface area contributed by atoms with E-state index in [0.29, 0.717) is 43.7 Å². The van der Waals surface area contributed by atoms with E-state index in [1.54, 1.807) is 25.1 Å².